The molecule has 0 saturated carbocycles. The molecule has 0 atom stereocenters. The fourth-order valence-electron chi connectivity index (χ4n) is 2.39. The smallest absolute Gasteiger partial charge is 0.191 e. The highest BCUT2D eigenvalue weighted by Crippen LogP contribution is 2.26. The number of aliphatic imine (C=N–C) groups is 1. The molecule has 0 amide bonds. The molecule has 0 aromatic carbocycles. The van der Waals surface area contributed by atoms with E-state index < -0.39 is 0 Å². The third-order valence-electron chi connectivity index (χ3n) is 3.74. The summed E-state index contributed by atoms with van der Waals surface area (Å²) >= 11 is 0. The summed E-state index contributed by atoms with van der Waals surface area (Å²) < 4.78 is 5.50. The molecule has 0 radical (unpaired) electrons. The van der Waals surface area contributed by atoms with Crippen LogP contribution in [0, 0.1) is 0 Å². The highest BCUT2D eigenvalue weighted by atomic mass is 127. The van der Waals surface area contributed by atoms with E-state index in [1.165, 1.54) is 0 Å². The Hall–Kier alpha value is -0.0800. The van der Waals surface area contributed by atoms with E-state index in [1.807, 2.05) is 0 Å². The standard InChI is InChI=1S/C15H32N4O.HI/c1-7-16-13(18-14(2,3)4)17-12-15(19(5)6)8-10-20-11-9-15;/h7-12H2,1-6H3,(H2,16,17,18);1H. The van der Waals surface area contributed by atoms with Crippen LogP contribution in [-0.4, -0.2) is 62.3 Å². The fourth-order valence-corrected chi connectivity index (χ4v) is 2.39. The van der Waals surface area contributed by atoms with Crippen molar-refractivity contribution in [3.8, 4) is 0 Å². The van der Waals surface area contributed by atoms with Crippen LogP contribution in [0.3, 0.4) is 0 Å². The SMILES string of the molecule is CCNC(=NCC1(N(C)C)CCOCC1)NC(C)(C)C.I. The average molecular weight is 412 g/mol. The fraction of sp³-hybridized carbons (Fsp3) is 0.933. The maximum atomic E-state index is 5.50. The van der Waals surface area contributed by atoms with E-state index in [2.05, 4.69) is 57.3 Å². The minimum atomic E-state index is 0. The van der Waals surface area contributed by atoms with Gasteiger partial charge >= 0.3 is 0 Å². The van der Waals surface area contributed by atoms with Crippen molar-refractivity contribution in [3.05, 3.63) is 0 Å². The van der Waals surface area contributed by atoms with Crippen molar-refractivity contribution < 1.29 is 4.74 Å². The van der Waals surface area contributed by atoms with Gasteiger partial charge in [-0.25, -0.2) is 0 Å². The maximum Gasteiger partial charge on any atom is 0.191 e. The molecular formula is C15H33IN4O. The molecule has 0 aromatic heterocycles. The Kier molecular flexibility index (Phi) is 9.11. The number of hydrogen-bond acceptors (Lipinski definition) is 3. The van der Waals surface area contributed by atoms with Gasteiger partial charge in [-0.05, 0) is 54.6 Å². The van der Waals surface area contributed by atoms with E-state index in [0.29, 0.717) is 0 Å². The molecule has 2 N–H and O–H groups in total. The van der Waals surface area contributed by atoms with E-state index in [-0.39, 0.29) is 35.1 Å². The highest BCUT2D eigenvalue weighted by molar-refractivity contribution is 14.0. The molecule has 1 aliphatic heterocycles. The van der Waals surface area contributed by atoms with Gasteiger partial charge < -0.3 is 20.3 Å². The first kappa shape index (κ1) is 20.9. The van der Waals surface area contributed by atoms with Crippen molar-refractivity contribution in [3.63, 3.8) is 0 Å². The van der Waals surface area contributed by atoms with E-state index >= 15 is 0 Å². The number of nitrogens with one attached hydrogen (secondary N) is 2. The summed E-state index contributed by atoms with van der Waals surface area (Å²) in [5, 5.41) is 6.77. The summed E-state index contributed by atoms with van der Waals surface area (Å²) in [6.45, 7) is 11.9. The molecule has 1 heterocycles. The van der Waals surface area contributed by atoms with Crippen LogP contribution in [-0.2, 0) is 4.74 Å². The van der Waals surface area contributed by atoms with E-state index in [9.17, 15) is 0 Å². The topological polar surface area (TPSA) is 48.9 Å². The van der Waals surface area contributed by atoms with Crippen LogP contribution < -0.4 is 10.6 Å². The van der Waals surface area contributed by atoms with E-state index in [1.54, 1.807) is 0 Å². The molecule has 6 heteroatoms. The van der Waals surface area contributed by atoms with Crippen molar-refractivity contribution in [2.45, 2.75) is 51.6 Å². The zero-order valence-electron chi connectivity index (χ0n) is 14.5. The zero-order valence-corrected chi connectivity index (χ0v) is 16.8. The average Bonchev–Trinajstić information content (AvgIpc) is 2.35. The van der Waals surface area contributed by atoms with Crippen LogP contribution in [0.4, 0.5) is 0 Å². The van der Waals surface area contributed by atoms with Crippen molar-refractivity contribution in [2.75, 3.05) is 40.4 Å². The summed E-state index contributed by atoms with van der Waals surface area (Å²) in [5.41, 5.74) is 0.139. The Morgan fingerprint density at radius 2 is 1.81 bits per heavy atom. The highest BCUT2D eigenvalue weighted by Gasteiger charge is 2.34. The van der Waals surface area contributed by atoms with Crippen LogP contribution in [0.15, 0.2) is 4.99 Å². The van der Waals surface area contributed by atoms with Gasteiger partial charge in [-0.2, -0.15) is 0 Å². The second-order valence-corrected chi connectivity index (χ2v) is 6.80. The molecule has 126 valence electrons. The second-order valence-electron chi connectivity index (χ2n) is 6.80. The zero-order chi connectivity index (χ0) is 15.2. The van der Waals surface area contributed by atoms with Gasteiger partial charge in [0.15, 0.2) is 5.96 Å². The van der Waals surface area contributed by atoms with Gasteiger partial charge in [0.05, 0.1) is 6.54 Å². The molecule has 0 aliphatic carbocycles. The van der Waals surface area contributed by atoms with Crippen LogP contribution in [0.1, 0.15) is 40.5 Å². The van der Waals surface area contributed by atoms with Crippen molar-refractivity contribution in [1.82, 2.24) is 15.5 Å². The maximum absolute atomic E-state index is 5.50. The molecule has 0 spiro atoms. The normalized spacial score (nSPS) is 19.1. The molecular weight excluding hydrogens is 379 g/mol. The summed E-state index contributed by atoms with van der Waals surface area (Å²) in [6.07, 6.45) is 2.08. The second kappa shape index (κ2) is 9.15. The van der Waals surface area contributed by atoms with Crippen molar-refractivity contribution in [2.24, 2.45) is 4.99 Å². The van der Waals surface area contributed by atoms with E-state index in [4.69, 9.17) is 9.73 Å². The molecule has 0 aromatic rings. The number of nitrogens with zero attached hydrogens (tertiary/aromatic N) is 2. The first-order chi connectivity index (χ1) is 9.29. The van der Waals surface area contributed by atoms with Crippen LogP contribution in [0.2, 0.25) is 0 Å². The molecule has 0 unspecified atom stereocenters. The number of halogens is 1. The lowest BCUT2D eigenvalue weighted by Crippen LogP contribution is -2.53. The quantitative estimate of drug-likeness (QED) is 0.422. The first-order valence-electron chi connectivity index (χ1n) is 7.61. The molecule has 1 rings (SSSR count). The first-order valence-corrected chi connectivity index (χ1v) is 7.61. The van der Waals surface area contributed by atoms with Gasteiger partial charge in [0, 0.05) is 30.8 Å². The Balaban J connectivity index is 0.00000400. The summed E-state index contributed by atoms with van der Waals surface area (Å²) in [4.78, 5) is 7.12. The van der Waals surface area contributed by atoms with Crippen LogP contribution in [0.25, 0.3) is 0 Å². The predicted octanol–water partition coefficient (Wildman–Crippen LogP) is 2.07. The summed E-state index contributed by atoms with van der Waals surface area (Å²) in [5.74, 6) is 0.896. The van der Waals surface area contributed by atoms with Gasteiger partial charge in [0.25, 0.3) is 0 Å². The van der Waals surface area contributed by atoms with Gasteiger partial charge in [0.1, 0.15) is 0 Å². The largest absolute Gasteiger partial charge is 0.381 e. The van der Waals surface area contributed by atoms with Crippen LogP contribution in [0.5, 0.6) is 0 Å². The minimum absolute atomic E-state index is 0. The van der Waals surface area contributed by atoms with Gasteiger partial charge in [0.2, 0.25) is 0 Å². The molecule has 21 heavy (non-hydrogen) atoms. The number of guanidine groups is 1. The van der Waals surface area contributed by atoms with Crippen molar-refractivity contribution >= 4 is 29.9 Å². The monoisotopic (exact) mass is 412 g/mol. The molecule has 1 saturated heterocycles. The Morgan fingerprint density at radius 3 is 2.24 bits per heavy atom. The Labute approximate surface area is 147 Å². The molecule has 1 fully saturated rings. The summed E-state index contributed by atoms with van der Waals surface area (Å²) in [6, 6.07) is 0. The lowest BCUT2D eigenvalue weighted by atomic mass is 9.89. The lowest BCUT2D eigenvalue weighted by Gasteiger charge is -2.41. The minimum Gasteiger partial charge on any atom is -0.381 e. The van der Waals surface area contributed by atoms with Gasteiger partial charge in [-0.1, -0.05) is 0 Å². The Bertz CT molecular complexity index is 320. The third kappa shape index (κ3) is 7.15. The predicted molar refractivity (Wildman–Crippen MR) is 101 cm³/mol. The van der Waals surface area contributed by atoms with Gasteiger partial charge in [-0.15, -0.1) is 24.0 Å². The number of hydrogen-bond donors (Lipinski definition) is 2. The Morgan fingerprint density at radius 1 is 1.24 bits per heavy atom. The van der Waals surface area contributed by atoms with Crippen LogP contribution >= 0.6 is 24.0 Å². The molecule has 5 nitrogen and oxygen atoms in total. The van der Waals surface area contributed by atoms with Gasteiger partial charge in [-0.3, -0.25) is 4.99 Å². The lowest BCUT2D eigenvalue weighted by molar-refractivity contribution is -0.00256. The summed E-state index contributed by atoms with van der Waals surface area (Å²) in [7, 11) is 4.29. The number of ether oxygens (including phenoxy) is 1. The third-order valence-corrected chi connectivity index (χ3v) is 3.74. The molecule has 1 aliphatic rings. The van der Waals surface area contributed by atoms with Crippen molar-refractivity contribution in [1.29, 1.82) is 0 Å². The number of likely N-dealkylation sites (N-methyl/N-ethyl adjacent to an activating group) is 1. The van der Waals surface area contributed by atoms with E-state index in [0.717, 1.165) is 45.1 Å². The molecule has 0 bridgehead atoms. The number of rotatable bonds is 4.